The molecule has 0 spiro atoms. The van der Waals surface area contributed by atoms with Gasteiger partial charge in [-0.3, -0.25) is 15.1 Å². The van der Waals surface area contributed by atoms with Crippen LogP contribution in [0.4, 0.5) is 11.5 Å². The molecular formula is C13H11N5O2. The topological polar surface area (TPSA) is 85.0 Å². The molecule has 0 fully saturated rings. The van der Waals surface area contributed by atoms with Crippen molar-refractivity contribution in [3.63, 3.8) is 0 Å². The number of nitro groups is 1. The number of nitrogens with zero attached hydrogens (tertiary/aromatic N) is 5. The van der Waals surface area contributed by atoms with Gasteiger partial charge in [0.25, 0.3) is 5.69 Å². The summed E-state index contributed by atoms with van der Waals surface area (Å²) in [6.07, 6.45) is 3.08. The van der Waals surface area contributed by atoms with Crippen LogP contribution in [0.1, 0.15) is 0 Å². The molecule has 20 heavy (non-hydrogen) atoms. The number of non-ortho nitro benzene ring substituents is 1. The van der Waals surface area contributed by atoms with Crippen molar-refractivity contribution in [2.75, 3.05) is 19.0 Å². The standard InChI is InChI=1S/C13H11N5O2/c1-17(2)13-12-11(15-7-16-13)10-4-3-9(18(19)20)5-8(10)6-14-12/h3-7H,1-2H3. The Bertz CT molecular complexity index is 831. The maximum absolute atomic E-state index is 10.8. The van der Waals surface area contributed by atoms with Crippen molar-refractivity contribution >= 4 is 33.3 Å². The zero-order valence-corrected chi connectivity index (χ0v) is 10.9. The highest BCUT2D eigenvalue weighted by molar-refractivity contribution is 6.06. The first-order valence-electron chi connectivity index (χ1n) is 5.93. The van der Waals surface area contributed by atoms with Crippen molar-refractivity contribution in [3.8, 4) is 0 Å². The number of nitro benzene ring substituents is 1. The van der Waals surface area contributed by atoms with Crippen molar-refractivity contribution < 1.29 is 4.92 Å². The Kier molecular flexibility index (Phi) is 2.67. The molecule has 0 amide bonds. The summed E-state index contributed by atoms with van der Waals surface area (Å²) < 4.78 is 0. The molecule has 3 aromatic rings. The van der Waals surface area contributed by atoms with Gasteiger partial charge < -0.3 is 4.90 Å². The Balaban J connectivity index is 2.37. The van der Waals surface area contributed by atoms with E-state index in [9.17, 15) is 10.1 Å². The molecule has 0 saturated carbocycles. The lowest BCUT2D eigenvalue weighted by Crippen LogP contribution is -2.12. The van der Waals surface area contributed by atoms with Crippen LogP contribution in [0.5, 0.6) is 0 Å². The number of pyridine rings is 1. The van der Waals surface area contributed by atoms with E-state index in [1.54, 1.807) is 12.3 Å². The first kappa shape index (κ1) is 12.2. The van der Waals surface area contributed by atoms with E-state index < -0.39 is 4.92 Å². The fraction of sp³-hybridized carbons (Fsp3) is 0.154. The van der Waals surface area contributed by atoms with E-state index in [1.165, 1.54) is 18.5 Å². The Morgan fingerprint density at radius 3 is 2.65 bits per heavy atom. The van der Waals surface area contributed by atoms with E-state index in [4.69, 9.17) is 0 Å². The predicted octanol–water partition coefficient (Wildman–Crippen LogP) is 2.15. The molecule has 0 bridgehead atoms. The van der Waals surface area contributed by atoms with E-state index in [1.807, 2.05) is 19.0 Å². The highest BCUT2D eigenvalue weighted by atomic mass is 16.6. The second-order valence-electron chi connectivity index (χ2n) is 4.58. The molecule has 7 heteroatoms. The lowest BCUT2D eigenvalue weighted by Gasteiger charge is -2.13. The number of hydrogen-bond acceptors (Lipinski definition) is 6. The van der Waals surface area contributed by atoms with Crippen molar-refractivity contribution in [3.05, 3.63) is 40.8 Å². The summed E-state index contributed by atoms with van der Waals surface area (Å²) in [6.45, 7) is 0. The quantitative estimate of drug-likeness (QED) is 0.402. The normalized spacial score (nSPS) is 10.9. The van der Waals surface area contributed by atoms with E-state index in [2.05, 4.69) is 15.0 Å². The van der Waals surface area contributed by atoms with Gasteiger partial charge in [-0.2, -0.15) is 0 Å². The second-order valence-corrected chi connectivity index (χ2v) is 4.58. The molecule has 0 atom stereocenters. The van der Waals surface area contributed by atoms with Crippen LogP contribution in [-0.4, -0.2) is 34.0 Å². The van der Waals surface area contributed by atoms with Crippen LogP contribution in [0.3, 0.4) is 0 Å². The highest BCUT2D eigenvalue weighted by Crippen LogP contribution is 2.28. The number of hydrogen-bond donors (Lipinski definition) is 0. The lowest BCUT2D eigenvalue weighted by molar-refractivity contribution is -0.384. The van der Waals surface area contributed by atoms with Gasteiger partial charge >= 0.3 is 0 Å². The number of benzene rings is 1. The van der Waals surface area contributed by atoms with Crippen LogP contribution >= 0.6 is 0 Å². The number of rotatable bonds is 2. The summed E-state index contributed by atoms with van der Waals surface area (Å²) in [6, 6.07) is 4.67. The average molecular weight is 269 g/mol. The van der Waals surface area contributed by atoms with Gasteiger partial charge in [0, 0.05) is 43.2 Å². The lowest BCUT2D eigenvalue weighted by atomic mass is 10.1. The van der Waals surface area contributed by atoms with Crippen molar-refractivity contribution in [1.29, 1.82) is 0 Å². The first-order valence-corrected chi connectivity index (χ1v) is 5.93. The smallest absolute Gasteiger partial charge is 0.270 e. The number of aromatic nitrogens is 3. The van der Waals surface area contributed by atoms with Gasteiger partial charge in [0.05, 0.1) is 4.92 Å². The monoisotopic (exact) mass is 269 g/mol. The Morgan fingerprint density at radius 1 is 1.15 bits per heavy atom. The van der Waals surface area contributed by atoms with Gasteiger partial charge in [-0.25, -0.2) is 9.97 Å². The predicted molar refractivity (Wildman–Crippen MR) is 75.8 cm³/mol. The van der Waals surface area contributed by atoms with Crippen LogP contribution in [0, 0.1) is 10.1 Å². The van der Waals surface area contributed by atoms with E-state index in [0.717, 1.165) is 11.2 Å². The zero-order valence-electron chi connectivity index (χ0n) is 10.9. The van der Waals surface area contributed by atoms with Gasteiger partial charge in [0.2, 0.25) is 0 Å². The fourth-order valence-electron chi connectivity index (χ4n) is 2.13. The van der Waals surface area contributed by atoms with E-state index >= 15 is 0 Å². The number of fused-ring (bicyclic) bond motifs is 3. The van der Waals surface area contributed by atoms with Gasteiger partial charge in [-0.15, -0.1) is 0 Å². The van der Waals surface area contributed by atoms with Crippen LogP contribution in [0.2, 0.25) is 0 Å². The molecule has 3 rings (SSSR count). The summed E-state index contributed by atoms with van der Waals surface area (Å²) in [5.74, 6) is 0.718. The molecule has 7 nitrogen and oxygen atoms in total. The van der Waals surface area contributed by atoms with Crippen molar-refractivity contribution in [1.82, 2.24) is 15.0 Å². The Hall–Kier alpha value is -2.83. The van der Waals surface area contributed by atoms with Crippen LogP contribution in [0.15, 0.2) is 30.7 Å². The Morgan fingerprint density at radius 2 is 1.95 bits per heavy atom. The summed E-state index contributed by atoms with van der Waals surface area (Å²) >= 11 is 0. The van der Waals surface area contributed by atoms with Crippen molar-refractivity contribution in [2.45, 2.75) is 0 Å². The highest BCUT2D eigenvalue weighted by Gasteiger charge is 2.12. The molecule has 2 aromatic heterocycles. The third-order valence-electron chi connectivity index (χ3n) is 3.06. The van der Waals surface area contributed by atoms with Crippen LogP contribution in [0.25, 0.3) is 21.8 Å². The third kappa shape index (κ3) is 1.80. The molecule has 0 saturated heterocycles. The summed E-state index contributed by atoms with van der Waals surface area (Å²) in [5.41, 5.74) is 1.41. The summed E-state index contributed by atoms with van der Waals surface area (Å²) in [7, 11) is 3.76. The molecule has 2 heterocycles. The fourth-order valence-corrected chi connectivity index (χ4v) is 2.13. The van der Waals surface area contributed by atoms with Gasteiger partial charge in [-0.05, 0) is 6.07 Å². The summed E-state index contributed by atoms with van der Waals surface area (Å²) in [5, 5.41) is 12.3. The SMILES string of the molecule is CN(C)c1ncnc2c1ncc1cc([N+](=O)[O-])ccc12. The van der Waals surface area contributed by atoms with E-state index in [-0.39, 0.29) is 5.69 Å². The Labute approximate surface area is 114 Å². The number of anilines is 1. The minimum Gasteiger partial charge on any atom is -0.361 e. The van der Waals surface area contributed by atoms with E-state index in [0.29, 0.717) is 16.4 Å². The summed E-state index contributed by atoms with van der Waals surface area (Å²) in [4.78, 5) is 25.0. The maximum atomic E-state index is 10.8. The maximum Gasteiger partial charge on any atom is 0.270 e. The minimum absolute atomic E-state index is 0.0422. The molecule has 0 radical (unpaired) electrons. The second kappa shape index (κ2) is 4.37. The minimum atomic E-state index is -0.422. The zero-order chi connectivity index (χ0) is 14.3. The van der Waals surface area contributed by atoms with Gasteiger partial charge in [0.15, 0.2) is 5.82 Å². The molecule has 100 valence electrons. The molecule has 0 aliphatic carbocycles. The molecule has 0 unspecified atom stereocenters. The molecular weight excluding hydrogens is 258 g/mol. The third-order valence-corrected chi connectivity index (χ3v) is 3.06. The molecule has 0 N–H and O–H groups in total. The average Bonchev–Trinajstić information content (AvgIpc) is 2.45. The van der Waals surface area contributed by atoms with Gasteiger partial charge in [0.1, 0.15) is 17.4 Å². The molecule has 0 aliphatic rings. The largest absolute Gasteiger partial charge is 0.361 e. The molecule has 1 aromatic carbocycles. The first-order chi connectivity index (χ1) is 9.58. The molecule has 0 aliphatic heterocycles. The van der Waals surface area contributed by atoms with Gasteiger partial charge in [-0.1, -0.05) is 0 Å². The van der Waals surface area contributed by atoms with Crippen LogP contribution in [-0.2, 0) is 0 Å². The van der Waals surface area contributed by atoms with Crippen LogP contribution < -0.4 is 4.90 Å². The van der Waals surface area contributed by atoms with Crippen molar-refractivity contribution in [2.24, 2.45) is 0 Å².